The molecule has 0 fully saturated rings. The van der Waals surface area contributed by atoms with Crippen molar-refractivity contribution in [1.82, 2.24) is 4.90 Å². The zero-order valence-corrected chi connectivity index (χ0v) is 18.3. The highest BCUT2D eigenvalue weighted by Gasteiger charge is 2.41. The van der Waals surface area contributed by atoms with Crippen molar-refractivity contribution < 1.29 is 9.53 Å². The zero-order chi connectivity index (χ0) is 21.7. The lowest BCUT2D eigenvalue weighted by Gasteiger charge is -2.47. The summed E-state index contributed by atoms with van der Waals surface area (Å²) in [7, 11) is 0. The summed E-state index contributed by atoms with van der Waals surface area (Å²) in [6, 6.07) is 26.2. The van der Waals surface area contributed by atoms with Crippen LogP contribution in [0.15, 0.2) is 78.9 Å². The predicted molar refractivity (Wildman–Crippen MR) is 125 cm³/mol. The van der Waals surface area contributed by atoms with Crippen LogP contribution in [0.25, 0.3) is 0 Å². The monoisotopic (exact) mass is 414 g/mol. The number of carbonyl (C=O) groups is 1. The van der Waals surface area contributed by atoms with E-state index < -0.39 is 5.66 Å². The summed E-state index contributed by atoms with van der Waals surface area (Å²) in [5, 5.41) is 3.63. The summed E-state index contributed by atoms with van der Waals surface area (Å²) < 4.78 is 5.95. The zero-order valence-electron chi connectivity index (χ0n) is 18.3. The van der Waals surface area contributed by atoms with Gasteiger partial charge in [-0.25, -0.2) is 0 Å². The molecule has 3 aromatic rings. The molecule has 0 bridgehead atoms. The third-order valence-electron chi connectivity index (χ3n) is 5.97. The fraction of sp³-hybridized carbons (Fsp3) is 0.296. The van der Waals surface area contributed by atoms with Gasteiger partial charge in [-0.05, 0) is 48.7 Å². The quantitative estimate of drug-likeness (QED) is 0.503. The summed E-state index contributed by atoms with van der Waals surface area (Å²) in [6.45, 7) is 5.58. The van der Waals surface area contributed by atoms with Crippen molar-refractivity contribution in [3.8, 4) is 5.75 Å². The van der Waals surface area contributed by atoms with Crippen molar-refractivity contribution in [3.05, 3.63) is 95.6 Å². The minimum Gasteiger partial charge on any atom is -0.493 e. The Morgan fingerprint density at radius 2 is 1.65 bits per heavy atom. The van der Waals surface area contributed by atoms with Gasteiger partial charge in [-0.3, -0.25) is 4.79 Å². The van der Waals surface area contributed by atoms with Crippen LogP contribution in [-0.2, 0) is 12.1 Å². The van der Waals surface area contributed by atoms with Crippen LogP contribution in [0.3, 0.4) is 0 Å². The fourth-order valence-corrected chi connectivity index (χ4v) is 4.13. The second-order valence-corrected chi connectivity index (χ2v) is 8.16. The van der Waals surface area contributed by atoms with Crippen LogP contribution in [0.1, 0.15) is 48.2 Å². The van der Waals surface area contributed by atoms with Crippen LogP contribution in [0.5, 0.6) is 5.75 Å². The molecule has 4 rings (SSSR count). The standard InChI is InChI=1S/C27H30N2O2/c1-3-4-19-29-26(30)24-12-8-9-13-25(24)28-27(29,2)22-14-16-23(17-15-22)31-20-18-21-10-6-5-7-11-21/h5-17,28H,3-4,18-20H2,1-2H3. The molecule has 1 N–H and O–H groups in total. The van der Waals surface area contributed by atoms with Gasteiger partial charge in [0.25, 0.3) is 5.91 Å². The molecule has 160 valence electrons. The molecule has 1 aliphatic heterocycles. The fourth-order valence-electron chi connectivity index (χ4n) is 4.13. The van der Waals surface area contributed by atoms with Gasteiger partial charge >= 0.3 is 0 Å². The minimum atomic E-state index is -0.608. The van der Waals surface area contributed by atoms with E-state index in [0.717, 1.165) is 41.8 Å². The SMILES string of the molecule is CCCCN1C(=O)c2ccccc2NC1(C)c1ccc(OCCc2ccccc2)cc1. The van der Waals surface area contributed by atoms with Gasteiger partial charge in [0.05, 0.1) is 12.2 Å². The van der Waals surface area contributed by atoms with Gasteiger partial charge < -0.3 is 15.0 Å². The number of amides is 1. The molecule has 4 heteroatoms. The van der Waals surface area contributed by atoms with Gasteiger partial charge in [0.1, 0.15) is 11.4 Å². The Morgan fingerprint density at radius 1 is 0.935 bits per heavy atom. The van der Waals surface area contributed by atoms with Gasteiger partial charge in [-0.2, -0.15) is 0 Å². The molecule has 31 heavy (non-hydrogen) atoms. The number of unbranched alkanes of at least 4 members (excludes halogenated alkanes) is 1. The van der Waals surface area contributed by atoms with E-state index in [9.17, 15) is 4.79 Å². The molecule has 0 saturated heterocycles. The smallest absolute Gasteiger partial charge is 0.258 e. The Kier molecular flexibility index (Phi) is 6.26. The molecule has 3 aromatic carbocycles. The van der Waals surface area contributed by atoms with Gasteiger partial charge in [-0.15, -0.1) is 0 Å². The highest BCUT2D eigenvalue weighted by atomic mass is 16.5. The Bertz CT molecular complexity index is 1020. The van der Waals surface area contributed by atoms with Gasteiger partial charge in [0.15, 0.2) is 0 Å². The van der Waals surface area contributed by atoms with Crippen molar-refractivity contribution in [2.24, 2.45) is 0 Å². The third-order valence-corrected chi connectivity index (χ3v) is 5.97. The highest BCUT2D eigenvalue weighted by Crippen LogP contribution is 2.38. The van der Waals surface area contributed by atoms with E-state index in [1.165, 1.54) is 5.56 Å². The topological polar surface area (TPSA) is 41.6 Å². The van der Waals surface area contributed by atoms with E-state index in [0.29, 0.717) is 13.2 Å². The number of carbonyl (C=O) groups excluding carboxylic acids is 1. The number of hydrogen-bond acceptors (Lipinski definition) is 3. The van der Waals surface area contributed by atoms with Crippen molar-refractivity contribution in [2.75, 3.05) is 18.5 Å². The van der Waals surface area contributed by atoms with Crippen molar-refractivity contribution in [1.29, 1.82) is 0 Å². The van der Waals surface area contributed by atoms with E-state index in [2.05, 4.69) is 43.4 Å². The molecular weight excluding hydrogens is 384 g/mol. The largest absolute Gasteiger partial charge is 0.493 e. The number of fused-ring (bicyclic) bond motifs is 1. The maximum atomic E-state index is 13.3. The lowest BCUT2D eigenvalue weighted by Crippen LogP contribution is -2.56. The van der Waals surface area contributed by atoms with E-state index in [1.807, 2.05) is 59.5 Å². The molecule has 0 saturated carbocycles. The summed E-state index contributed by atoms with van der Waals surface area (Å²) >= 11 is 0. The van der Waals surface area contributed by atoms with Crippen molar-refractivity contribution in [3.63, 3.8) is 0 Å². The summed E-state index contributed by atoms with van der Waals surface area (Å²) in [6.07, 6.45) is 2.87. The normalized spacial score (nSPS) is 17.7. The lowest BCUT2D eigenvalue weighted by atomic mass is 9.93. The number of benzene rings is 3. The number of hydrogen-bond donors (Lipinski definition) is 1. The third kappa shape index (κ3) is 4.43. The van der Waals surface area contributed by atoms with E-state index >= 15 is 0 Å². The Labute approximate surface area is 184 Å². The van der Waals surface area contributed by atoms with E-state index in [-0.39, 0.29) is 5.91 Å². The molecule has 0 radical (unpaired) electrons. The molecule has 1 aliphatic rings. The first-order chi connectivity index (χ1) is 15.1. The molecule has 0 aliphatic carbocycles. The van der Waals surface area contributed by atoms with Gasteiger partial charge in [-0.1, -0.05) is 67.9 Å². The maximum Gasteiger partial charge on any atom is 0.258 e. The first kappa shape index (κ1) is 21.0. The molecule has 1 atom stereocenters. The number of nitrogens with one attached hydrogen (secondary N) is 1. The molecule has 1 amide bonds. The molecule has 1 unspecified atom stereocenters. The number of rotatable bonds is 8. The predicted octanol–water partition coefficient (Wildman–Crippen LogP) is 5.85. The Balaban J connectivity index is 1.52. The van der Waals surface area contributed by atoms with Crippen LogP contribution in [-0.4, -0.2) is 24.0 Å². The van der Waals surface area contributed by atoms with Gasteiger partial charge in [0.2, 0.25) is 0 Å². The molecule has 1 heterocycles. The van der Waals surface area contributed by atoms with Gasteiger partial charge in [0, 0.05) is 18.7 Å². The minimum absolute atomic E-state index is 0.0773. The number of nitrogens with zero attached hydrogens (tertiary/aromatic N) is 1. The summed E-state index contributed by atoms with van der Waals surface area (Å²) in [5.74, 6) is 0.916. The van der Waals surface area contributed by atoms with Crippen LogP contribution >= 0.6 is 0 Å². The first-order valence-electron chi connectivity index (χ1n) is 11.1. The van der Waals surface area contributed by atoms with Crippen LogP contribution in [0, 0.1) is 0 Å². The highest BCUT2D eigenvalue weighted by molar-refractivity contribution is 6.02. The molecule has 0 spiro atoms. The number of para-hydroxylation sites is 1. The maximum absolute atomic E-state index is 13.3. The second-order valence-electron chi connectivity index (χ2n) is 8.16. The van der Waals surface area contributed by atoms with Crippen LogP contribution in [0.4, 0.5) is 5.69 Å². The number of anilines is 1. The van der Waals surface area contributed by atoms with Crippen molar-refractivity contribution >= 4 is 11.6 Å². The van der Waals surface area contributed by atoms with Crippen LogP contribution in [0.2, 0.25) is 0 Å². The average Bonchev–Trinajstić information content (AvgIpc) is 2.80. The first-order valence-corrected chi connectivity index (χ1v) is 11.1. The molecular formula is C27H30N2O2. The van der Waals surface area contributed by atoms with Crippen molar-refractivity contribution in [2.45, 2.75) is 38.8 Å². The molecule has 0 aromatic heterocycles. The summed E-state index contributed by atoms with van der Waals surface area (Å²) in [5.41, 5.74) is 3.31. The lowest BCUT2D eigenvalue weighted by molar-refractivity contribution is 0.0531. The molecule has 4 nitrogen and oxygen atoms in total. The van der Waals surface area contributed by atoms with E-state index in [1.54, 1.807) is 0 Å². The van der Waals surface area contributed by atoms with Crippen LogP contribution < -0.4 is 10.1 Å². The summed E-state index contributed by atoms with van der Waals surface area (Å²) in [4.78, 5) is 15.3. The Hall–Kier alpha value is -3.27. The average molecular weight is 415 g/mol. The van der Waals surface area contributed by atoms with E-state index in [4.69, 9.17) is 4.74 Å². The Morgan fingerprint density at radius 3 is 2.39 bits per heavy atom. The number of ether oxygens (including phenoxy) is 1. The second kappa shape index (κ2) is 9.25.